The molecular formula is C27H26N2O5. The molecule has 0 bridgehead atoms. The number of hydrogen-bond donors (Lipinski definition) is 1. The molecule has 0 radical (unpaired) electrons. The highest BCUT2D eigenvalue weighted by molar-refractivity contribution is 5.89. The Bertz CT molecular complexity index is 1320. The van der Waals surface area contributed by atoms with E-state index in [2.05, 4.69) is 10.3 Å². The Morgan fingerprint density at radius 3 is 2.32 bits per heavy atom. The number of rotatable bonds is 7. The molecule has 0 aliphatic heterocycles. The summed E-state index contributed by atoms with van der Waals surface area (Å²) in [4.78, 5) is 16.7. The van der Waals surface area contributed by atoms with Gasteiger partial charge < -0.3 is 18.9 Å². The number of carbonyl (C=O) groups is 1. The maximum Gasteiger partial charge on any atom is 0.411 e. The van der Waals surface area contributed by atoms with Gasteiger partial charge in [-0.1, -0.05) is 30.3 Å². The lowest BCUT2D eigenvalue weighted by molar-refractivity contribution is 0.155. The largest absolute Gasteiger partial charge is 0.493 e. The number of fused-ring (bicyclic) bond motifs is 1. The van der Waals surface area contributed by atoms with Crippen LogP contribution in [0.4, 0.5) is 10.5 Å². The van der Waals surface area contributed by atoms with Gasteiger partial charge >= 0.3 is 6.09 Å². The summed E-state index contributed by atoms with van der Waals surface area (Å²) in [5, 5.41) is 3.61. The number of pyridine rings is 1. The number of nitrogens with one attached hydrogen (secondary N) is 1. The van der Waals surface area contributed by atoms with Gasteiger partial charge in [-0.2, -0.15) is 0 Å². The molecule has 0 aliphatic carbocycles. The normalized spacial score (nSPS) is 10.6. The lowest BCUT2D eigenvalue weighted by atomic mass is 10.1. The SMILES string of the molecule is COc1cc2nccc(Oc3ccc(NC(=O)OCc4ccccc4)c(C)c3C)c2cc1OC. The summed E-state index contributed by atoms with van der Waals surface area (Å²) in [5.74, 6) is 2.50. The molecule has 4 rings (SSSR count). The van der Waals surface area contributed by atoms with E-state index >= 15 is 0 Å². The lowest BCUT2D eigenvalue weighted by Crippen LogP contribution is -2.14. The van der Waals surface area contributed by atoms with Crippen molar-refractivity contribution in [2.75, 3.05) is 19.5 Å². The van der Waals surface area contributed by atoms with Crippen LogP contribution in [0.15, 0.2) is 66.9 Å². The number of ether oxygens (including phenoxy) is 4. The number of methoxy groups -OCH3 is 2. The van der Waals surface area contributed by atoms with Crippen molar-refractivity contribution in [3.63, 3.8) is 0 Å². The van der Waals surface area contributed by atoms with Gasteiger partial charge in [0.2, 0.25) is 0 Å². The fourth-order valence-corrected chi connectivity index (χ4v) is 3.57. The molecule has 3 aromatic carbocycles. The van der Waals surface area contributed by atoms with Crippen LogP contribution in [0.1, 0.15) is 16.7 Å². The average Bonchev–Trinajstić information content (AvgIpc) is 2.87. The number of anilines is 1. The molecule has 0 fully saturated rings. The molecule has 0 unspecified atom stereocenters. The van der Waals surface area contributed by atoms with Gasteiger partial charge in [0.15, 0.2) is 11.5 Å². The van der Waals surface area contributed by atoms with E-state index < -0.39 is 6.09 Å². The Kier molecular flexibility index (Phi) is 6.82. The Balaban J connectivity index is 1.53. The minimum Gasteiger partial charge on any atom is -0.493 e. The molecular weight excluding hydrogens is 432 g/mol. The second-order valence-corrected chi connectivity index (χ2v) is 7.68. The van der Waals surface area contributed by atoms with Crippen molar-refractivity contribution in [3.05, 3.63) is 83.6 Å². The highest BCUT2D eigenvalue weighted by atomic mass is 16.5. The van der Waals surface area contributed by atoms with Gasteiger partial charge in [0.25, 0.3) is 0 Å². The van der Waals surface area contributed by atoms with E-state index in [4.69, 9.17) is 18.9 Å². The third kappa shape index (κ3) is 4.88. The fraction of sp³-hybridized carbons (Fsp3) is 0.185. The van der Waals surface area contributed by atoms with Gasteiger partial charge in [-0.3, -0.25) is 10.3 Å². The van der Waals surface area contributed by atoms with Crippen LogP contribution in [0.3, 0.4) is 0 Å². The van der Waals surface area contributed by atoms with Gasteiger partial charge in [0.1, 0.15) is 18.1 Å². The van der Waals surface area contributed by atoms with E-state index in [0.29, 0.717) is 28.7 Å². The molecule has 174 valence electrons. The molecule has 1 aromatic heterocycles. The molecule has 1 amide bonds. The summed E-state index contributed by atoms with van der Waals surface area (Å²) in [7, 11) is 3.17. The zero-order valence-electron chi connectivity index (χ0n) is 19.5. The summed E-state index contributed by atoms with van der Waals surface area (Å²) >= 11 is 0. The fourth-order valence-electron chi connectivity index (χ4n) is 3.57. The summed E-state index contributed by atoms with van der Waals surface area (Å²) in [6.07, 6.45) is 1.17. The second kappa shape index (κ2) is 10.1. The average molecular weight is 459 g/mol. The Labute approximate surface area is 198 Å². The predicted molar refractivity (Wildman–Crippen MR) is 131 cm³/mol. The number of amides is 1. The highest BCUT2D eigenvalue weighted by Crippen LogP contribution is 2.38. The molecule has 4 aromatic rings. The van der Waals surface area contributed by atoms with Gasteiger partial charge in [-0.05, 0) is 54.8 Å². The summed E-state index contributed by atoms with van der Waals surface area (Å²) in [5.41, 5.74) is 4.09. The Morgan fingerprint density at radius 1 is 0.853 bits per heavy atom. The van der Waals surface area contributed by atoms with E-state index in [-0.39, 0.29) is 6.61 Å². The molecule has 7 nitrogen and oxygen atoms in total. The van der Waals surface area contributed by atoms with E-state index in [1.807, 2.05) is 62.4 Å². The number of nitrogens with zero attached hydrogens (tertiary/aromatic N) is 1. The van der Waals surface area contributed by atoms with Crippen LogP contribution >= 0.6 is 0 Å². The first-order valence-corrected chi connectivity index (χ1v) is 10.8. The zero-order chi connectivity index (χ0) is 24.1. The molecule has 0 aliphatic rings. The highest BCUT2D eigenvalue weighted by Gasteiger charge is 2.15. The van der Waals surface area contributed by atoms with Crippen LogP contribution in [0.5, 0.6) is 23.0 Å². The third-order valence-corrected chi connectivity index (χ3v) is 5.61. The maximum absolute atomic E-state index is 12.3. The van der Waals surface area contributed by atoms with E-state index in [1.165, 1.54) is 0 Å². The molecule has 0 saturated carbocycles. The van der Waals surface area contributed by atoms with Crippen LogP contribution in [-0.4, -0.2) is 25.3 Å². The van der Waals surface area contributed by atoms with Crippen molar-refractivity contribution in [3.8, 4) is 23.0 Å². The molecule has 0 atom stereocenters. The quantitative estimate of drug-likeness (QED) is 0.345. The predicted octanol–water partition coefficient (Wildman–Crippen LogP) is 6.41. The van der Waals surface area contributed by atoms with Crippen molar-refractivity contribution in [1.29, 1.82) is 0 Å². The molecule has 1 N–H and O–H groups in total. The number of benzene rings is 3. The summed E-state index contributed by atoms with van der Waals surface area (Å²) in [6.45, 7) is 4.07. The van der Waals surface area contributed by atoms with E-state index in [1.54, 1.807) is 32.5 Å². The monoisotopic (exact) mass is 458 g/mol. The minimum atomic E-state index is -0.513. The topological polar surface area (TPSA) is 78.9 Å². The van der Waals surface area contributed by atoms with Gasteiger partial charge in [-0.25, -0.2) is 4.79 Å². The van der Waals surface area contributed by atoms with Gasteiger partial charge in [0, 0.05) is 23.3 Å². The van der Waals surface area contributed by atoms with Crippen LogP contribution in [0.2, 0.25) is 0 Å². The molecule has 7 heteroatoms. The van der Waals surface area contributed by atoms with Crippen molar-refractivity contribution >= 4 is 22.7 Å². The van der Waals surface area contributed by atoms with Crippen LogP contribution in [0, 0.1) is 13.8 Å². The van der Waals surface area contributed by atoms with Gasteiger partial charge in [-0.15, -0.1) is 0 Å². The smallest absolute Gasteiger partial charge is 0.411 e. The molecule has 1 heterocycles. The summed E-state index contributed by atoms with van der Waals surface area (Å²) in [6, 6.07) is 18.6. The van der Waals surface area contributed by atoms with Crippen LogP contribution < -0.4 is 19.5 Å². The van der Waals surface area contributed by atoms with Crippen molar-refractivity contribution in [2.24, 2.45) is 0 Å². The first-order valence-electron chi connectivity index (χ1n) is 10.8. The number of hydrogen-bond acceptors (Lipinski definition) is 6. The Hall–Kier alpha value is -4.26. The first-order chi connectivity index (χ1) is 16.5. The second-order valence-electron chi connectivity index (χ2n) is 7.68. The van der Waals surface area contributed by atoms with Crippen LogP contribution in [0.25, 0.3) is 10.9 Å². The lowest BCUT2D eigenvalue weighted by Gasteiger charge is -2.16. The standard InChI is InChI=1S/C27H26N2O5/c1-17-18(2)23(11-10-21(17)29-27(30)33-16-19-8-6-5-7-9-19)34-24-12-13-28-22-15-26(32-4)25(31-3)14-20(22)24/h5-15H,16H2,1-4H3,(H,29,30). The molecule has 0 saturated heterocycles. The number of carbonyl (C=O) groups excluding carboxylic acids is 1. The molecule has 34 heavy (non-hydrogen) atoms. The minimum absolute atomic E-state index is 0.204. The molecule has 0 spiro atoms. The van der Waals surface area contributed by atoms with Gasteiger partial charge in [0.05, 0.1) is 19.7 Å². The van der Waals surface area contributed by atoms with Crippen molar-refractivity contribution in [2.45, 2.75) is 20.5 Å². The van der Waals surface area contributed by atoms with Crippen molar-refractivity contribution in [1.82, 2.24) is 4.98 Å². The summed E-state index contributed by atoms with van der Waals surface area (Å²) < 4.78 is 22.4. The first kappa shape index (κ1) is 22.9. The number of aromatic nitrogens is 1. The Morgan fingerprint density at radius 2 is 1.59 bits per heavy atom. The van der Waals surface area contributed by atoms with Crippen molar-refractivity contribution < 1.29 is 23.7 Å². The van der Waals surface area contributed by atoms with E-state index in [0.717, 1.165) is 27.6 Å². The van der Waals surface area contributed by atoms with E-state index in [9.17, 15) is 4.79 Å². The van der Waals surface area contributed by atoms with Crippen LogP contribution in [-0.2, 0) is 11.3 Å². The zero-order valence-corrected chi connectivity index (χ0v) is 19.5. The third-order valence-electron chi connectivity index (χ3n) is 5.61. The maximum atomic E-state index is 12.3.